The topological polar surface area (TPSA) is 69.1 Å². The zero-order valence-corrected chi connectivity index (χ0v) is 17.3. The van der Waals surface area contributed by atoms with Crippen molar-refractivity contribution < 1.29 is 4.42 Å². The highest BCUT2D eigenvalue weighted by Crippen LogP contribution is 2.34. The molecule has 6 rings (SSSR count). The van der Waals surface area contributed by atoms with Crippen molar-refractivity contribution in [1.82, 2.24) is 19.9 Å². The minimum Gasteiger partial charge on any atom is -0.454 e. The predicted octanol–water partition coefficient (Wildman–Crippen LogP) is 5.25. The van der Waals surface area contributed by atoms with Gasteiger partial charge in [0.05, 0.1) is 0 Å². The van der Waals surface area contributed by atoms with E-state index < -0.39 is 0 Å². The normalized spacial score (nSPS) is 12.9. The third-order valence-corrected chi connectivity index (χ3v) is 5.71. The zero-order valence-electron chi connectivity index (χ0n) is 16.6. The molecular formula is C24H16ClN5O. The van der Waals surface area contributed by atoms with Gasteiger partial charge in [0.2, 0.25) is 0 Å². The van der Waals surface area contributed by atoms with E-state index in [1.807, 2.05) is 36.4 Å². The number of rotatable bonds is 2. The summed E-state index contributed by atoms with van der Waals surface area (Å²) in [5.41, 5.74) is 5.56. The molecule has 2 aromatic carbocycles. The second kappa shape index (κ2) is 6.89. The lowest BCUT2D eigenvalue weighted by atomic mass is 10.0. The van der Waals surface area contributed by atoms with Gasteiger partial charge in [0.25, 0.3) is 0 Å². The molecule has 0 aliphatic carbocycles. The third kappa shape index (κ3) is 2.95. The minimum atomic E-state index is 0.560. The first kappa shape index (κ1) is 18.0. The highest BCUT2D eigenvalue weighted by atomic mass is 35.5. The van der Waals surface area contributed by atoms with E-state index in [1.165, 1.54) is 0 Å². The molecule has 0 atom stereocenters. The number of pyridine rings is 1. The van der Waals surface area contributed by atoms with E-state index in [4.69, 9.17) is 21.1 Å². The van der Waals surface area contributed by atoms with Crippen LogP contribution >= 0.6 is 11.6 Å². The maximum atomic E-state index is 6.36. The molecule has 0 amide bonds. The van der Waals surface area contributed by atoms with E-state index in [0.29, 0.717) is 17.3 Å². The Morgan fingerprint density at radius 3 is 2.55 bits per heavy atom. The second-order valence-corrected chi connectivity index (χ2v) is 7.97. The SMILES string of the molecule is Cc1ccc2c3c(oc2c1)C(c1ccc(Cl)cc1)=Nn1c(nnc1-c1ccncc1)C3. The lowest BCUT2D eigenvalue weighted by molar-refractivity contribution is 0.600. The first-order valence-electron chi connectivity index (χ1n) is 9.89. The van der Waals surface area contributed by atoms with Gasteiger partial charge in [-0.15, -0.1) is 10.2 Å². The van der Waals surface area contributed by atoms with Gasteiger partial charge in [0.1, 0.15) is 11.3 Å². The molecule has 0 bridgehead atoms. The summed E-state index contributed by atoms with van der Waals surface area (Å²) in [7, 11) is 0. The van der Waals surface area contributed by atoms with Crippen molar-refractivity contribution in [2.75, 3.05) is 0 Å². The van der Waals surface area contributed by atoms with Crippen molar-refractivity contribution in [3.63, 3.8) is 0 Å². The van der Waals surface area contributed by atoms with Crippen LogP contribution in [-0.2, 0) is 6.42 Å². The van der Waals surface area contributed by atoms with E-state index >= 15 is 0 Å². The van der Waals surface area contributed by atoms with Gasteiger partial charge in [0.15, 0.2) is 17.4 Å². The first-order valence-corrected chi connectivity index (χ1v) is 10.3. The van der Waals surface area contributed by atoms with Crippen LogP contribution in [0.3, 0.4) is 0 Å². The Hall–Kier alpha value is -3.77. The molecule has 0 unspecified atom stereocenters. The van der Waals surface area contributed by atoms with Gasteiger partial charge in [-0.2, -0.15) is 9.78 Å². The van der Waals surface area contributed by atoms with Crippen LogP contribution in [-0.4, -0.2) is 25.6 Å². The monoisotopic (exact) mass is 425 g/mol. The number of benzene rings is 2. The number of furan rings is 1. The summed E-state index contributed by atoms with van der Waals surface area (Å²) in [5.74, 6) is 2.16. The Balaban J connectivity index is 1.64. The molecule has 3 aromatic heterocycles. The Bertz CT molecular complexity index is 1470. The lowest BCUT2D eigenvalue weighted by Gasteiger charge is -2.06. The molecule has 0 saturated heterocycles. The zero-order chi connectivity index (χ0) is 20.9. The second-order valence-electron chi connectivity index (χ2n) is 7.53. The summed E-state index contributed by atoms with van der Waals surface area (Å²) in [6.45, 7) is 2.05. The molecular weight excluding hydrogens is 410 g/mol. The third-order valence-electron chi connectivity index (χ3n) is 5.46. The molecule has 0 spiro atoms. The van der Waals surface area contributed by atoms with Crippen molar-refractivity contribution in [3.8, 4) is 11.4 Å². The van der Waals surface area contributed by atoms with Crippen molar-refractivity contribution in [3.05, 3.63) is 100 Å². The van der Waals surface area contributed by atoms with E-state index in [-0.39, 0.29) is 0 Å². The molecule has 0 N–H and O–H groups in total. The van der Waals surface area contributed by atoms with Gasteiger partial charge in [-0.25, -0.2) is 0 Å². The molecule has 31 heavy (non-hydrogen) atoms. The van der Waals surface area contributed by atoms with Crippen LogP contribution in [0, 0.1) is 6.92 Å². The van der Waals surface area contributed by atoms with Crippen LogP contribution in [0.25, 0.3) is 22.4 Å². The summed E-state index contributed by atoms with van der Waals surface area (Å²) in [6.07, 6.45) is 4.03. The predicted molar refractivity (Wildman–Crippen MR) is 119 cm³/mol. The smallest absolute Gasteiger partial charge is 0.185 e. The van der Waals surface area contributed by atoms with Gasteiger partial charge in [-0.3, -0.25) is 4.98 Å². The maximum Gasteiger partial charge on any atom is 0.185 e. The molecule has 6 nitrogen and oxygen atoms in total. The molecule has 1 aliphatic heterocycles. The van der Waals surface area contributed by atoms with E-state index in [1.54, 1.807) is 17.1 Å². The molecule has 0 radical (unpaired) electrons. The number of nitrogens with zero attached hydrogens (tertiary/aromatic N) is 5. The summed E-state index contributed by atoms with van der Waals surface area (Å²) >= 11 is 6.14. The van der Waals surface area contributed by atoms with E-state index in [0.717, 1.165) is 50.5 Å². The lowest BCUT2D eigenvalue weighted by Crippen LogP contribution is -2.06. The highest BCUT2D eigenvalue weighted by molar-refractivity contribution is 6.30. The van der Waals surface area contributed by atoms with Gasteiger partial charge < -0.3 is 4.42 Å². The van der Waals surface area contributed by atoms with Crippen LogP contribution in [0.15, 0.2) is 76.5 Å². The van der Waals surface area contributed by atoms with Crippen molar-refractivity contribution in [1.29, 1.82) is 0 Å². The molecule has 5 aromatic rings. The molecule has 7 heteroatoms. The number of halogens is 1. The molecule has 150 valence electrons. The molecule has 4 heterocycles. The van der Waals surface area contributed by atoms with Crippen molar-refractivity contribution in [2.45, 2.75) is 13.3 Å². The summed E-state index contributed by atoms with van der Waals surface area (Å²) in [6, 6.07) is 17.6. The van der Waals surface area contributed by atoms with Gasteiger partial charge >= 0.3 is 0 Å². The van der Waals surface area contributed by atoms with Crippen LogP contribution in [0.2, 0.25) is 5.02 Å². The number of fused-ring (bicyclic) bond motifs is 4. The Kier molecular flexibility index (Phi) is 4.01. The minimum absolute atomic E-state index is 0.560. The van der Waals surface area contributed by atoms with Crippen molar-refractivity contribution in [2.24, 2.45) is 5.10 Å². The van der Waals surface area contributed by atoms with Crippen LogP contribution in [0.5, 0.6) is 0 Å². The Morgan fingerprint density at radius 1 is 0.935 bits per heavy atom. The van der Waals surface area contributed by atoms with Gasteiger partial charge in [-0.05, 0) is 42.8 Å². The van der Waals surface area contributed by atoms with Gasteiger partial charge in [-0.1, -0.05) is 35.9 Å². The molecule has 1 aliphatic rings. The van der Waals surface area contributed by atoms with E-state index in [2.05, 4.69) is 40.3 Å². The van der Waals surface area contributed by atoms with E-state index in [9.17, 15) is 0 Å². The fourth-order valence-electron chi connectivity index (χ4n) is 3.93. The number of hydrogen-bond donors (Lipinski definition) is 0. The number of hydrogen-bond acceptors (Lipinski definition) is 5. The highest BCUT2D eigenvalue weighted by Gasteiger charge is 2.27. The molecule has 0 fully saturated rings. The fraction of sp³-hybridized carbons (Fsp3) is 0.0833. The summed E-state index contributed by atoms with van der Waals surface area (Å²) in [4.78, 5) is 4.10. The Morgan fingerprint density at radius 2 is 1.74 bits per heavy atom. The Labute approximate surface area is 182 Å². The van der Waals surface area contributed by atoms with Crippen LogP contribution in [0.4, 0.5) is 0 Å². The maximum absolute atomic E-state index is 6.36. The number of aromatic nitrogens is 4. The quantitative estimate of drug-likeness (QED) is 0.379. The molecule has 0 saturated carbocycles. The standard InChI is InChI=1S/C24H16ClN5O/c1-14-2-7-18-19-13-21-27-28-24(16-8-10-26-11-9-16)30(21)29-22(23(19)31-20(18)12-14)15-3-5-17(25)6-4-15/h2-12H,13H2,1H3. The summed E-state index contributed by atoms with van der Waals surface area (Å²) in [5, 5.41) is 15.6. The number of aryl methyl sites for hydroxylation is 1. The largest absolute Gasteiger partial charge is 0.454 e. The summed E-state index contributed by atoms with van der Waals surface area (Å²) < 4.78 is 8.16. The van der Waals surface area contributed by atoms with Crippen LogP contribution in [0.1, 0.15) is 28.3 Å². The average Bonchev–Trinajstić information content (AvgIpc) is 3.30. The van der Waals surface area contributed by atoms with Crippen LogP contribution < -0.4 is 0 Å². The van der Waals surface area contributed by atoms with Gasteiger partial charge in [0, 0.05) is 45.9 Å². The fourth-order valence-corrected chi connectivity index (χ4v) is 4.06. The van der Waals surface area contributed by atoms with Crippen molar-refractivity contribution >= 4 is 28.3 Å². The first-order chi connectivity index (χ1) is 15.2. The average molecular weight is 426 g/mol.